The minimum Gasteiger partial charge on any atom is -0.460 e. The summed E-state index contributed by atoms with van der Waals surface area (Å²) in [6, 6.07) is 7.94. The van der Waals surface area contributed by atoms with Crippen molar-refractivity contribution < 1.29 is 14.1 Å². The van der Waals surface area contributed by atoms with Crippen LogP contribution in [0.1, 0.15) is 18.5 Å². The van der Waals surface area contributed by atoms with Gasteiger partial charge in [-0.3, -0.25) is 9.48 Å². The summed E-state index contributed by atoms with van der Waals surface area (Å²) >= 11 is 0. The summed E-state index contributed by atoms with van der Waals surface area (Å²) in [7, 11) is 1.87. The highest BCUT2D eigenvalue weighted by molar-refractivity contribution is 5.86. The predicted octanol–water partition coefficient (Wildman–Crippen LogP) is 2.63. The second kappa shape index (κ2) is 8.17. The molecule has 31 heavy (non-hydrogen) atoms. The second-order valence-electron chi connectivity index (χ2n) is 7.66. The van der Waals surface area contributed by atoms with Crippen LogP contribution in [0, 0.1) is 0 Å². The fraction of sp³-hybridized carbons (Fsp3) is 0.318. The Bertz CT molecular complexity index is 1190. The smallest absolute Gasteiger partial charge is 0.316 e. The Morgan fingerprint density at radius 2 is 1.90 bits per heavy atom. The summed E-state index contributed by atoms with van der Waals surface area (Å²) in [5.74, 6) is 0.0505. The highest BCUT2D eigenvalue weighted by Crippen LogP contribution is 2.22. The average molecular weight is 418 g/mol. The molecule has 158 valence electrons. The monoisotopic (exact) mass is 418 g/mol. The summed E-state index contributed by atoms with van der Waals surface area (Å²) in [4.78, 5) is 23.2. The molecule has 0 aliphatic carbocycles. The zero-order valence-corrected chi connectivity index (χ0v) is 17.1. The van der Waals surface area contributed by atoms with Crippen molar-refractivity contribution >= 4 is 16.9 Å². The van der Waals surface area contributed by atoms with Crippen molar-refractivity contribution in [3.63, 3.8) is 0 Å². The Balaban J connectivity index is 1.14. The quantitative estimate of drug-likeness (QED) is 0.491. The van der Waals surface area contributed by atoms with Crippen molar-refractivity contribution in [2.45, 2.75) is 25.4 Å². The predicted molar refractivity (Wildman–Crippen MR) is 112 cm³/mol. The minimum atomic E-state index is -0.0128. The van der Waals surface area contributed by atoms with Gasteiger partial charge in [-0.15, -0.1) is 0 Å². The zero-order chi connectivity index (χ0) is 21.2. The van der Waals surface area contributed by atoms with Crippen LogP contribution in [0.15, 0.2) is 53.6 Å². The lowest BCUT2D eigenvalue weighted by Gasteiger charge is -2.31. The number of piperidine rings is 1. The van der Waals surface area contributed by atoms with Crippen LogP contribution in [-0.2, 0) is 18.3 Å². The number of hydrogen-bond donors (Lipinski definition) is 0. The van der Waals surface area contributed by atoms with Crippen LogP contribution in [0.3, 0.4) is 0 Å². The summed E-state index contributed by atoms with van der Waals surface area (Å²) < 4.78 is 13.0. The molecular weight excluding hydrogens is 396 g/mol. The first-order chi connectivity index (χ1) is 15.2. The molecule has 1 amide bonds. The van der Waals surface area contributed by atoms with Crippen LogP contribution in [-0.4, -0.2) is 54.9 Å². The van der Waals surface area contributed by atoms with Gasteiger partial charge in [-0.1, -0.05) is 17.3 Å². The Hall–Kier alpha value is -3.75. The highest BCUT2D eigenvalue weighted by atomic mass is 16.5. The molecule has 4 heterocycles. The molecule has 5 rings (SSSR count). The summed E-state index contributed by atoms with van der Waals surface area (Å²) in [5.41, 5.74) is 3.23. The van der Waals surface area contributed by atoms with Gasteiger partial charge in [0.2, 0.25) is 5.91 Å². The van der Waals surface area contributed by atoms with Gasteiger partial charge in [0, 0.05) is 68.1 Å². The van der Waals surface area contributed by atoms with Gasteiger partial charge in [-0.05, 0) is 12.1 Å². The molecule has 0 radical (unpaired) electrons. The standard InChI is InChI=1S/C22H22N6O3/c1-27-14-16(13-25-27)15-11-23-22(24-12-15)30-17-6-8-28(9-7-17)21(29)10-19-18-4-2-3-5-20(18)31-26-19/h2-5,11-14,17H,6-10H2,1H3. The van der Waals surface area contributed by atoms with Gasteiger partial charge >= 0.3 is 6.01 Å². The van der Waals surface area contributed by atoms with E-state index in [0.29, 0.717) is 30.4 Å². The van der Waals surface area contributed by atoms with E-state index < -0.39 is 0 Å². The molecule has 0 atom stereocenters. The minimum absolute atomic E-state index is 0.0128. The largest absolute Gasteiger partial charge is 0.460 e. The van der Waals surface area contributed by atoms with Gasteiger partial charge < -0.3 is 14.2 Å². The number of para-hydroxylation sites is 1. The molecule has 0 saturated carbocycles. The molecule has 0 bridgehead atoms. The van der Waals surface area contributed by atoms with E-state index in [-0.39, 0.29) is 18.4 Å². The Morgan fingerprint density at radius 1 is 1.13 bits per heavy atom. The van der Waals surface area contributed by atoms with Crippen LogP contribution < -0.4 is 4.74 Å². The normalized spacial score (nSPS) is 14.8. The maximum atomic E-state index is 12.7. The molecule has 1 aliphatic rings. The van der Waals surface area contributed by atoms with Crippen LogP contribution >= 0.6 is 0 Å². The summed E-state index contributed by atoms with van der Waals surface area (Å²) in [6.07, 6.45) is 8.85. The van der Waals surface area contributed by atoms with Crippen LogP contribution in [0.2, 0.25) is 0 Å². The molecule has 1 aromatic carbocycles. The molecule has 3 aromatic heterocycles. The van der Waals surface area contributed by atoms with E-state index in [0.717, 1.165) is 29.4 Å². The van der Waals surface area contributed by atoms with Gasteiger partial charge in [0.05, 0.1) is 12.6 Å². The van der Waals surface area contributed by atoms with E-state index in [1.165, 1.54) is 0 Å². The molecule has 4 aromatic rings. The average Bonchev–Trinajstić information content (AvgIpc) is 3.41. The van der Waals surface area contributed by atoms with E-state index in [2.05, 4.69) is 20.2 Å². The van der Waals surface area contributed by atoms with Crippen molar-refractivity contribution in [2.75, 3.05) is 13.1 Å². The van der Waals surface area contributed by atoms with Gasteiger partial charge in [0.25, 0.3) is 0 Å². The molecular formula is C22H22N6O3. The van der Waals surface area contributed by atoms with E-state index >= 15 is 0 Å². The van der Waals surface area contributed by atoms with Crippen molar-refractivity contribution in [3.05, 3.63) is 54.7 Å². The second-order valence-corrected chi connectivity index (χ2v) is 7.66. The van der Waals surface area contributed by atoms with Crippen molar-refractivity contribution in [1.82, 2.24) is 29.8 Å². The van der Waals surface area contributed by atoms with Gasteiger partial charge in [0.1, 0.15) is 11.8 Å². The fourth-order valence-electron chi connectivity index (χ4n) is 3.79. The van der Waals surface area contributed by atoms with E-state index in [4.69, 9.17) is 9.26 Å². The summed E-state index contributed by atoms with van der Waals surface area (Å²) in [5, 5.41) is 9.11. The number of carbonyl (C=O) groups excluding carboxylic acids is 1. The number of hydrogen-bond acceptors (Lipinski definition) is 7. The zero-order valence-electron chi connectivity index (χ0n) is 17.1. The first-order valence-corrected chi connectivity index (χ1v) is 10.2. The maximum absolute atomic E-state index is 12.7. The molecule has 0 spiro atoms. The number of aromatic nitrogens is 5. The SMILES string of the molecule is Cn1cc(-c2cnc(OC3CCN(C(=O)Cc4noc5ccccc45)CC3)nc2)cn1. The molecule has 9 nitrogen and oxygen atoms in total. The third-order valence-electron chi connectivity index (χ3n) is 5.50. The number of aryl methyl sites for hydroxylation is 1. The number of benzene rings is 1. The fourth-order valence-corrected chi connectivity index (χ4v) is 3.79. The third-order valence-corrected chi connectivity index (χ3v) is 5.50. The molecule has 1 aliphatic heterocycles. The molecule has 1 saturated heterocycles. The van der Waals surface area contributed by atoms with Crippen molar-refractivity contribution in [1.29, 1.82) is 0 Å². The number of amides is 1. The van der Waals surface area contributed by atoms with Crippen LogP contribution in [0.5, 0.6) is 6.01 Å². The summed E-state index contributed by atoms with van der Waals surface area (Å²) in [6.45, 7) is 1.26. The lowest BCUT2D eigenvalue weighted by atomic mass is 10.1. The topological polar surface area (TPSA) is 99.2 Å². The Kier molecular flexibility index (Phi) is 5.07. The van der Waals surface area contributed by atoms with Crippen LogP contribution in [0.4, 0.5) is 0 Å². The van der Waals surface area contributed by atoms with Gasteiger partial charge in [0.15, 0.2) is 5.58 Å². The Morgan fingerprint density at radius 3 is 2.65 bits per heavy atom. The van der Waals surface area contributed by atoms with Gasteiger partial charge in [-0.2, -0.15) is 5.10 Å². The number of fused-ring (bicyclic) bond motifs is 1. The van der Waals surface area contributed by atoms with Crippen LogP contribution in [0.25, 0.3) is 22.1 Å². The highest BCUT2D eigenvalue weighted by Gasteiger charge is 2.25. The maximum Gasteiger partial charge on any atom is 0.316 e. The van der Waals surface area contributed by atoms with E-state index in [9.17, 15) is 4.79 Å². The number of carbonyl (C=O) groups is 1. The van der Waals surface area contributed by atoms with E-state index in [1.54, 1.807) is 23.3 Å². The van der Waals surface area contributed by atoms with Crippen molar-refractivity contribution in [3.8, 4) is 17.1 Å². The lowest BCUT2D eigenvalue weighted by molar-refractivity contribution is -0.132. The number of ether oxygens (including phenoxy) is 1. The number of nitrogens with zero attached hydrogens (tertiary/aromatic N) is 6. The first-order valence-electron chi connectivity index (χ1n) is 10.2. The first kappa shape index (κ1) is 19.2. The van der Waals surface area contributed by atoms with Crippen molar-refractivity contribution in [2.24, 2.45) is 7.05 Å². The third kappa shape index (κ3) is 4.11. The molecule has 1 fully saturated rings. The molecule has 0 unspecified atom stereocenters. The number of likely N-dealkylation sites (tertiary alicyclic amines) is 1. The van der Waals surface area contributed by atoms with E-state index in [1.807, 2.05) is 42.4 Å². The molecule has 0 N–H and O–H groups in total. The van der Waals surface area contributed by atoms with Gasteiger partial charge in [-0.25, -0.2) is 9.97 Å². The Labute approximate surface area is 178 Å². The lowest BCUT2D eigenvalue weighted by Crippen LogP contribution is -2.42. The molecule has 9 heteroatoms. The number of rotatable bonds is 5.